The van der Waals surface area contributed by atoms with E-state index in [0.717, 1.165) is 25.2 Å². The maximum atomic E-state index is 13.5. The SMILES string of the molecule is CCN1CCN(C2=C(c3ccccc3)C(=O)N(c3ccc(OC)c(Cl)c3)C2=O)CC1. The van der Waals surface area contributed by atoms with Crippen molar-refractivity contribution in [1.82, 2.24) is 9.80 Å². The molecule has 7 heteroatoms. The summed E-state index contributed by atoms with van der Waals surface area (Å²) in [5.41, 5.74) is 2.09. The fraction of sp³-hybridized carbons (Fsp3) is 0.304. The van der Waals surface area contributed by atoms with Gasteiger partial charge < -0.3 is 14.5 Å². The Morgan fingerprint density at radius 2 is 1.67 bits per heavy atom. The van der Waals surface area contributed by atoms with Gasteiger partial charge in [-0.15, -0.1) is 0 Å². The summed E-state index contributed by atoms with van der Waals surface area (Å²) in [7, 11) is 1.52. The number of piperazine rings is 1. The minimum Gasteiger partial charge on any atom is -0.495 e. The molecule has 1 saturated heterocycles. The summed E-state index contributed by atoms with van der Waals surface area (Å²) in [6.07, 6.45) is 0. The molecule has 0 aromatic heterocycles. The Hall–Kier alpha value is -2.83. The first-order valence-electron chi connectivity index (χ1n) is 10.0. The molecular weight excluding hydrogens is 402 g/mol. The first-order chi connectivity index (χ1) is 14.5. The molecule has 0 atom stereocenters. The van der Waals surface area contributed by atoms with Crippen LogP contribution in [0.2, 0.25) is 5.02 Å². The number of nitrogens with zero attached hydrogens (tertiary/aromatic N) is 3. The fourth-order valence-corrected chi connectivity index (χ4v) is 4.25. The third kappa shape index (κ3) is 3.57. The molecule has 30 heavy (non-hydrogen) atoms. The Labute approximate surface area is 181 Å². The monoisotopic (exact) mass is 425 g/mol. The van der Waals surface area contributed by atoms with Gasteiger partial charge in [-0.25, -0.2) is 4.90 Å². The topological polar surface area (TPSA) is 53.1 Å². The number of carbonyl (C=O) groups is 2. The number of hydrogen-bond acceptors (Lipinski definition) is 5. The van der Waals surface area contributed by atoms with Crippen LogP contribution in [0.5, 0.6) is 5.75 Å². The van der Waals surface area contributed by atoms with Crippen LogP contribution in [-0.4, -0.2) is 61.4 Å². The van der Waals surface area contributed by atoms with Crippen molar-refractivity contribution in [2.24, 2.45) is 0 Å². The van der Waals surface area contributed by atoms with E-state index < -0.39 is 0 Å². The zero-order valence-corrected chi connectivity index (χ0v) is 17.9. The van der Waals surface area contributed by atoms with Crippen LogP contribution in [0.4, 0.5) is 5.69 Å². The first-order valence-corrected chi connectivity index (χ1v) is 10.4. The summed E-state index contributed by atoms with van der Waals surface area (Å²) < 4.78 is 5.20. The number of hydrogen-bond donors (Lipinski definition) is 0. The maximum Gasteiger partial charge on any atom is 0.282 e. The second-order valence-corrected chi connectivity index (χ2v) is 7.68. The molecule has 0 aliphatic carbocycles. The minimum atomic E-state index is -0.333. The van der Waals surface area contributed by atoms with Crippen LogP contribution in [0.15, 0.2) is 54.2 Å². The number of likely N-dealkylation sites (N-methyl/N-ethyl adjacent to an activating group) is 1. The predicted octanol–water partition coefficient (Wildman–Crippen LogP) is 3.27. The van der Waals surface area contributed by atoms with Crippen LogP contribution in [0.1, 0.15) is 12.5 Å². The number of methoxy groups -OCH3 is 1. The van der Waals surface area contributed by atoms with Gasteiger partial charge in [-0.1, -0.05) is 48.9 Å². The average Bonchev–Trinajstić information content (AvgIpc) is 3.04. The molecule has 2 aliphatic heterocycles. The molecule has 4 rings (SSSR count). The third-order valence-electron chi connectivity index (χ3n) is 5.65. The Morgan fingerprint density at radius 3 is 2.27 bits per heavy atom. The van der Waals surface area contributed by atoms with Gasteiger partial charge >= 0.3 is 0 Å². The molecule has 0 bridgehead atoms. The Bertz CT molecular complexity index is 998. The fourth-order valence-electron chi connectivity index (χ4n) is 3.99. The minimum absolute atomic E-state index is 0.315. The van der Waals surface area contributed by atoms with E-state index in [-0.39, 0.29) is 11.8 Å². The summed E-state index contributed by atoms with van der Waals surface area (Å²) in [5, 5.41) is 0.349. The largest absolute Gasteiger partial charge is 0.495 e. The highest BCUT2D eigenvalue weighted by Crippen LogP contribution is 2.37. The van der Waals surface area contributed by atoms with Crippen molar-refractivity contribution in [3.63, 3.8) is 0 Å². The molecule has 0 N–H and O–H groups in total. The van der Waals surface area contributed by atoms with Crippen LogP contribution >= 0.6 is 11.6 Å². The van der Waals surface area contributed by atoms with Crippen molar-refractivity contribution in [2.45, 2.75) is 6.92 Å². The molecular formula is C23H24ClN3O3. The van der Waals surface area contributed by atoms with Gasteiger partial charge in [0.1, 0.15) is 11.4 Å². The van der Waals surface area contributed by atoms with Crippen LogP contribution in [0.25, 0.3) is 5.57 Å². The number of amides is 2. The van der Waals surface area contributed by atoms with E-state index in [0.29, 0.717) is 40.8 Å². The molecule has 2 amide bonds. The third-order valence-corrected chi connectivity index (χ3v) is 5.95. The molecule has 2 aromatic carbocycles. The number of rotatable bonds is 5. The standard InChI is InChI=1S/C23H24ClN3O3/c1-3-25-11-13-26(14-12-25)21-20(16-7-5-4-6-8-16)22(28)27(23(21)29)17-9-10-19(30-2)18(24)15-17/h4-10,15H,3,11-14H2,1-2H3. The lowest BCUT2D eigenvalue weighted by Gasteiger charge is -2.36. The lowest BCUT2D eigenvalue weighted by Crippen LogP contribution is -2.47. The maximum absolute atomic E-state index is 13.5. The lowest BCUT2D eigenvalue weighted by atomic mass is 10.0. The van der Waals surface area contributed by atoms with Crippen molar-refractivity contribution in [2.75, 3.05) is 44.7 Å². The van der Waals surface area contributed by atoms with Gasteiger partial charge in [0.15, 0.2) is 0 Å². The van der Waals surface area contributed by atoms with Crippen LogP contribution in [0.3, 0.4) is 0 Å². The molecule has 2 heterocycles. The normalized spacial score (nSPS) is 17.8. The van der Waals surface area contributed by atoms with Gasteiger partial charge in [0.2, 0.25) is 0 Å². The van der Waals surface area contributed by atoms with Crippen molar-refractivity contribution < 1.29 is 14.3 Å². The molecule has 1 fully saturated rings. The average molecular weight is 426 g/mol. The second kappa shape index (κ2) is 8.50. The Kier molecular flexibility index (Phi) is 5.79. The number of carbonyl (C=O) groups excluding carboxylic acids is 2. The molecule has 2 aliphatic rings. The molecule has 6 nitrogen and oxygen atoms in total. The van der Waals surface area contributed by atoms with Gasteiger partial charge in [0, 0.05) is 26.2 Å². The number of benzene rings is 2. The molecule has 0 unspecified atom stereocenters. The second-order valence-electron chi connectivity index (χ2n) is 7.28. The number of imide groups is 1. The Balaban J connectivity index is 1.76. The number of anilines is 1. The smallest absolute Gasteiger partial charge is 0.282 e. The quantitative estimate of drug-likeness (QED) is 0.688. The summed E-state index contributed by atoms with van der Waals surface area (Å²) in [6.45, 7) is 6.23. The highest BCUT2D eigenvalue weighted by molar-refractivity contribution is 6.45. The van der Waals surface area contributed by atoms with E-state index in [1.54, 1.807) is 18.2 Å². The van der Waals surface area contributed by atoms with Gasteiger partial charge in [-0.2, -0.15) is 0 Å². The van der Waals surface area contributed by atoms with E-state index in [1.165, 1.54) is 12.0 Å². The predicted molar refractivity (Wildman–Crippen MR) is 118 cm³/mol. The van der Waals surface area contributed by atoms with Crippen LogP contribution in [-0.2, 0) is 9.59 Å². The van der Waals surface area contributed by atoms with Crippen molar-refractivity contribution in [1.29, 1.82) is 0 Å². The molecule has 0 radical (unpaired) electrons. The van der Waals surface area contributed by atoms with Crippen molar-refractivity contribution in [3.8, 4) is 5.75 Å². The lowest BCUT2D eigenvalue weighted by molar-refractivity contribution is -0.120. The zero-order valence-electron chi connectivity index (χ0n) is 17.1. The van der Waals surface area contributed by atoms with E-state index in [2.05, 4.69) is 11.8 Å². The first kappa shape index (κ1) is 20.4. The van der Waals surface area contributed by atoms with Gasteiger partial charge in [0.05, 0.1) is 23.4 Å². The van der Waals surface area contributed by atoms with E-state index >= 15 is 0 Å². The summed E-state index contributed by atoms with van der Waals surface area (Å²) in [5.74, 6) is -0.156. The summed E-state index contributed by atoms with van der Waals surface area (Å²) >= 11 is 6.27. The van der Waals surface area contributed by atoms with Gasteiger partial charge in [-0.3, -0.25) is 9.59 Å². The number of ether oxygens (including phenoxy) is 1. The molecule has 0 spiro atoms. The molecule has 156 valence electrons. The van der Waals surface area contributed by atoms with E-state index in [4.69, 9.17) is 16.3 Å². The van der Waals surface area contributed by atoms with E-state index in [1.807, 2.05) is 35.2 Å². The van der Waals surface area contributed by atoms with Crippen molar-refractivity contribution in [3.05, 3.63) is 64.8 Å². The van der Waals surface area contributed by atoms with Crippen molar-refractivity contribution >= 4 is 34.7 Å². The Morgan fingerprint density at radius 1 is 0.967 bits per heavy atom. The molecule has 0 saturated carbocycles. The zero-order chi connectivity index (χ0) is 21.3. The van der Waals surface area contributed by atoms with Gasteiger partial charge in [0.25, 0.3) is 11.8 Å². The molecule has 2 aromatic rings. The highest BCUT2D eigenvalue weighted by Gasteiger charge is 2.43. The highest BCUT2D eigenvalue weighted by atomic mass is 35.5. The number of halogens is 1. The van der Waals surface area contributed by atoms with Crippen LogP contribution in [0, 0.1) is 0 Å². The van der Waals surface area contributed by atoms with Gasteiger partial charge in [-0.05, 0) is 30.3 Å². The van der Waals surface area contributed by atoms with Crippen LogP contribution < -0.4 is 9.64 Å². The summed E-state index contributed by atoms with van der Waals surface area (Å²) in [4.78, 5) is 32.6. The summed E-state index contributed by atoms with van der Waals surface area (Å²) in [6, 6.07) is 14.3. The van der Waals surface area contributed by atoms with E-state index in [9.17, 15) is 9.59 Å².